The van der Waals surface area contributed by atoms with E-state index in [0.29, 0.717) is 22.7 Å². The molecule has 98 valence electrons. The summed E-state index contributed by atoms with van der Waals surface area (Å²) in [5.74, 6) is 1.12. The van der Waals surface area contributed by atoms with Crippen molar-refractivity contribution in [1.29, 1.82) is 0 Å². The van der Waals surface area contributed by atoms with Crippen LogP contribution in [0.1, 0.15) is 17.5 Å². The van der Waals surface area contributed by atoms with Crippen molar-refractivity contribution in [1.82, 2.24) is 14.8 Å². The van der Waals surface area contributed by atoms with Crippen LogP contribution in [0.3, 0.4) is 0 Å². The fourth-order valence-corrected chi connectivity index (χ4v) is 1.98. The van der Waals surface area contributed by atoms with Gasteiger partial charge in [0.25, 0.3) is 0 Å². The Morgan fingerprint density at radius 3 is 2.95 bits per heavy atom. The van der Waals surface area contributed by atoms with Crippen LogP contribution in [-0.4, -0.2) is 21.9 Å². The highest BCUT2D eigenvalue weighted by Gasteiger charge is 2.18. The number of aryl methyl sites for hydroxylation is 1. The molecule has 2 N–H and O–H groups in total. The molecule has 0 amide bonds. The summed E-state index contributed by atoms with van der Waals surface area (Å²) in [5, 5.41) is 4.09. The predicted molar refractivity (Wildman–Crippen MR) is 69.8 cm³/mol. The van der Waals surface area contributed by atoms with Crippen LogP contribution in [-0.2, 0) is 7.05 Å². The molecule has 0 bridgehead atoms. The highest BCUT2D eigenvalue weighted by Crippen LogP contribution is 2.28. The van der Waals surface area contributed by atoms with Gasteiger partial charge in [0.2, 0.25) is 5.89 Å². The third-order valence-electron chi connectivity index (χ3n) is 2.97. The summed E-state index contributed by atoms with van der Waals surface area (Å²) in [5.41, 5.74) is 8.33. The van der Waals surface area contributed by atoms with Crippen LogP contribution in [0.2, 0.25) is 0 Å². The van der Waals surface area contributed by atoms with Crippen molar-refractivity contribution in [3.05, 3.63) is 42.0 Å². The molecule has 2 aromatic heterocycles. The number of hydrogen-bond acceptors (Lipinski definition) is 5. The highest BCUT2D eigenvalue weighted by atomic mass is 16.5. The number of rotatable bonds is 3. The largest absolute Gasteiger partial charge is 0.494 e. The quantitative estimate of drug-likeness (QED) is 0.772. The van der Waals surface area contributed by atoms with E-state index in [1.165, 1.54) is 0 Å². The van der Waals surface area contributed by atoms with Gasteiger partial charge in [-0.25, -0.2) is 4.98 Å². The maximum atomic E-state index is 6.13. The van der Waals surface area contributed by atoms with Crippen molar-refractivity contribution in [2.45, 2.75) is 6.04 Å². The van der Waals surface area contributed by atoms with Gasteiger partial charge in [-0.3, -0.25) is 4.68 Å². The van der Waals surface area contributed by atoms with Crippen LogP contribution in [0.5, 0.6) is 5.75 Å². The predicted octanol–water partition coefficient (Wildman–Crippen LogP) is 1.62. The number of nitrogens with zero attached hydrogens (tertiary/aromatic N) is 3. The Morgan fingerprint density at radius 2 is 2.26 bits per heavy atom. The van der Waals surface area contributed by atoms with Gasteiger partial charge in [0.05, 0.1) is 13.3 Å². The number of hydrogen-bond donors (Lipinski definition) is 1. The van der Waals surface area contributed by atoms with Crippen molar-refractivity contribution in [3.63, 3.8) is 0 Å². The van der Waals surface area contributed by atoms with E-state index in [0.717, 1.165) is 5.56 Å². The zero-order valence-electron chi connectivity index (χ0n) is 10.7. The van der Waals surface area contributed by atoms with E-state index in [-0.39, 0.29) is 0 Å². The molecule has 3 rings (SSSR count). The van der Waals surface area contributed by atoms with Gasteiger partial charge in [0.1, 0.15) is 11.8 Å². The van der Waals surface area contributed by atoms with E-state index < -0.39 is 6.04 Å². The van der Waals surface area contributed by atoms with Gasteiger partial charge in [0.15, 0.2) is 11.1 Å². The molecule has 0 saturated carbocycles. The van der Waals surface area contributed by atoms with E-state index in [1.54, 1.807) is 18.0 Å². The SMILES string of the molecule is COc1cccc2oc(C(N)c3cnn(C)c3)nc12. The molecule has 0 saturated heterocycles. The summed E-state index contributed by atoms with van der Waals surface area (Å²) in [6, 6.07) is 5.09. The Bertz CT molecular complexity index is 716. The maximum absolute atomic E-state index is 6.13. The fourth-order valence-electron chi connectivity index (χ4n) is 1.98. The summed E-state index contributed by atoms with van der Waals surface area (Å²) in [7, 11) is 3.44. The molecule has 6 heteroatoms. The molecule has 0 aliphatic rings. The number of ether oxygens (including phenoxy) is 1. The molecule has 0 radical (unpaired) electrons. The van der Waals surface area contributed by atoms with Gasteiger partial charge in [-0.2, -0.15) is 5.10 Å². The lowest BCUT2D eigenvalue weighted by molar-refractivity contribution is 0.419. The molecule has 0 aliphatic heterocycles. The lowest BCUT2D eigenvalue weighted by Crippen LogP contribution is -2.11. The monoisotopic (exact) mass is 258 g/mol. The van der Waals surface area contributed by atoms with Crippen molar-refractivity contribution in [3.8, 4) is 5.75 Å². The first-order chi connectivity index (χ1) is 9.19. The first kappa shape index (κ1) is 11.7. The maximum Gasteiger partial charge on any atom is 0.217 e. The number of oxazole rings is 1. The highest BCUT2D eigenvalue weighted by molar-refractivity contribution is 5.79. The summed E-state index contributed by atoms with van der Waals surface area (Å²) in [6.45, 7) is 0. The molecule has 0 aliphatic carbocycles. The van der Waals surface area contributed by atoms with E-state index in [4.69, 9.17) is 14.9 Å². The average Bonchev–Trinajstić information content (AvgIpc) is 3.03. The normalized spacial score (nSPS) is 12.8. The van der Waals surface area contributed by atoms with Gasteiger partial charge in [-0.1, -0.05) is 6.07 Å². The van der Waals surface area contributed by atoms with Crippen LogP contribution in [0, 0.1) is 0 Å². The molecular formula is C13H14N4O2. The minimum atomic E-state index is -0.439. The Balaban J connectivity index is 2.06. The van der Waals surface area contributed by atoms with Gasteiger partial charge >= 0.3 is 0 Å². The van der Waals surface area contributed by atoms with Crippen LogP contribution >= 0.6 is 0 Å². The van der Waals surface area contributed by atoms with Crippen LogP contribution in [0.25, 0.3) is 11.1 Å². The van der Waals surface area contributed by atoms with E-state index >= 15 is 0 Å². The van der Waals surface area contributed by atoms with Crippen molar-refractivity contribution >= 4 is 11.1 Å². The second-order valence-corrected chi connectivity index (χ2v) is 4.28. The fraction of sp³-hybridized carbons (Fsp3) is 0.231. The Hall–Kier alpha value is -2.34. The number of aromatic nitrogens is 3. The van der Waals surface area contributed by atoms with E-state index in [9.17, 15) is 0 Å². The summed E-state index contributed by atoms with van der Waals surface area (Å²) < 4.78 is 12.6. The molecule has 1 unspecified atom stereocenters. The second-order valence-electron chi connectivity index (χ2n) is 4.28. The molecule has 2 heterocycles. The molecule has 3 aromatic rings. The van der Waals surface area contributed by atoms with Gasteiger partial charge in [-0.15, -0.1) is 0 Å². The Labute approximate surface area is 109 Å². The minimum absolute atomic E-state index is 0.439. The molecule has 0 spiro atoms. The molecule has 1 aromatic carbocycles. The molecule has 1 atom stereocenters. The van der Waals surface area contributed by atoms with E-state index in [2.05, 4.69) is 10.1 Å². The zero-order valence-corrected chi connectivity index (χ0v) is 10.7. The van der Waals surface area contributed by atoms with Crippen LogP contribution in [0.15, 0.2) is 35.0 Å². The second kappa shape index (κ2) is 4.40. The summed E-state index contributed by atoms with van der Waals surface area (Å²) in [4.78, 5) is 4.42. The van der Waals surface area contributed by atoms with Crippen molar-refractivity contribution < 1.29 is 9.15 Å². The first-order valence-corrected chi connectivity index (χ1v) is 5.86. The van der Waals surface area contributed by atoms with Crippen LogP contribution < -0.4 is 10.5 Å². The molecule has 19 heavy (non-hydrogen) atoms. The summed E-state index contributed by atoms with van der Waals surface area (Å²) in [6.07, 6.45) is 3.55. The number of nitrogens with two attached hydrogens (primary N) is 1. The Morgan fingerprint density at radius 1 is 1.42 bits per heavy atom. The summed E-state index contributed by atoms with van der Waals surface area (Å²) >= 11 is 0. The third kappa shape index (κ3) is 1.96. The van der Waals surface area contributed by atoms with Gasteiger partial charge in [-0.05, 0) is 12.1 Å². The van der Waals surface area contributed by atoms with Gasteiger partial charge < -0.3 is 14.9 Å². The minimum Gasteiger partial charge on any atom is -0.494 e. The standard InChI is InChI=1S/C13H14N4O2/c1-17-7-8(6-15-17)11(14)13-16-12-9(18-2)4-3-5-10(12)19-13/h3-7,11H,14H2,1-2H3. The van der Waals surface area contributed by atoms with Crippen LogP contribution in [0.4, 0.5) is 0 Å². The number of fused-ring (bicyclic) bond motifs is 1. The van der Waals surface area contributed by atoms with E-state index in [1.807, 2.05) is 31.4 Å². The topological polar surface area (TPSA) is 79.1 Å². The first-order valence-electron chi connectivity index (χ1n) is 5.86. The lowest BCUT2D eigenvalue weighted by Gasteiger charge is -2.02. The third-order valence-corrected chi connectivity index (χ3v) is 2.97. The van der Waals surface area contributed by atoms with Crippen molar-refractivity contribution in [2.75, 3.05) is 7.11 Å². The molecule has 6 nitrogen and oxygen atoms in total. The number of benzene rings is 1. The lowest BCUT2D eigenvalue weighted by atomic mass is 10.2. The number of methoxy groups -OCH3 is 1. The Kier molecular flexibility index (Phi) is 2.72. The average molecular weight is 258 g/mol. The molecular weight excluding hydrogens is 244 g/mol. The van der Waals surface area contributed by atoms with Gasteiger partial charge in [0, 0.05) is 18.8 Å². The smallest absolute Gasteiger partial charge is 0.217 e. The zero-order chi connectivity index (χ0) is 13.4. The van der Waals surface area contributed by atoms with Crippen molar-refractivity contribution in [2.24, 2.45) is 12.8 Å². The molecule has 0 fully saturated rings. The number of para-hydroxylation sites is 1.